The van der Waals surface area contributed by atoms with Crippen molar-refractivity contribution in [2.45, 2.75) is 50.7 Å². The molecule has 0 atom stereocenters. The van der Waals surface area contributed by atoms with Gasteiger partial charge in [0.2, 0.25) is 0 Å². The number of pyridine rings is 2. The van der Waals surface area contributed by atoms with Crippen molar-refractivity contribution in [2.24, 2.45) is 5.92 Å². The van der Waals surface area contributed by atoms with Crippen molar-refractivity contribution >= 4 is 34.4 Å². The second kappa shape index (κ2) is 12.2. The largest absolute Gasteiger partial charge is 0.377 e. The van der Waals surface area contributed by atoms with Gasteiger partial charge in [-0.25, -0.2) is 18.6 Å². The average Bonchev–Trinajstić information content (AvgIpc) is 3.26. The van der Waals surface area contributed by atoms with E-state index < -0.39 is 18.0 Å². The summed E-state index contributed by atoms with van der Waals surface area (Å²) >= 11 is 5.90. The number of hydrogen-bond acceptors (Lipinski definition) is 6. The lowest BCUT2D eigenvalue weighted by Gasteiger charge is -2.29. The predicted octanol–water partition coefficient (Wildman–Crippen LogP) is 4.29. The standard InChI is InChI=1S/C30H29ClF2N6O4/c31-18-11-22(26(27(32)33)35-12-18)28(40)36-19-7-5-17(6-8-19)14-38-24-3-1-2-4-25(24)39(30(38)42)21-9-10-23(34-13-21)29(41)37-20-15-43-16-20/h1-4,9-13,17,19-20,27H,5-8,14-16H2,(H,36,40)(H,37,41)/t17-,19-. The van der Waals surface area contributed by atoms with Gasteiger partial charge in [-0.15, -0.1) is 0 Å². The van der Waals surface area contributed by atoms with Gasteiger partial charge in [0.05, 0.1) is 52.8 Å². The Morgan fingerprint density at radius 1 is 0.953 bits per heavy atom. The maximum atomic E-state index is 13.7. The van der Waals surface area contributed by atoms with Crippen molar-refractivity contribution < 1.29 is 23.1 Å². The Morgan fingerprint density at radius 3 is 2.33 bits per heavy atom. The van der Waals surface area contributed by atoms with E-state index in [0.29, 0.717) is 38.3 Å². The third-order valence-electron chi connectivity index (χ3n) is 8.01. The van der Waals surface area contributed by atoms with Crippen LogP contribution < -0.4 is 16.3 Å². The van der Waals surface area contributed by atoms with Gasteiger partial charge < -0.3 is 15.4 Å². The van der Waals surface area contributed by atoms with Gasteiger partial charge >= 0.3 is 5.69 Å². The zero-order valence-electron chi connectivity index (χ0n) is 23.0. The van der Waals surface area contributed by atoms with Crippen LogP contribution in [-0.2, 0) is 11.3 Å². The second-order valence-corrected chi connectivity index (χ2v) is 11.3. The van der Waals surface area contributed by atoms with E-state index in [4.69, 9.17) is 16.3 Å². The lowest BCUT2D eigenvalue weighted by atomic mass is 9.85. The molecular formula is C30H29ClF2N6O4. The highest BCUT2D eigenvalue weighted by atomic mass is 35.5. The third-order valence-corrected chi connectivity index (χ3v) is 8.21. The Labute approximate surface area is 250 Å². The van der Waals surface area contributed by atoms with Crippen LogP contribution in [0.1, 0.15) is 58.6 Å². The minimum absolute atomic E-state index is 0.0143. The maximum absolute atomic E-state index is 13.7. The monoisotopic (exact) mass is 610 g/mol. The number of ether oxygens (including phenoxy) is 1. The van der Waals surface area contributed by atoms with E-state index in [1.54, 1.807) is 21.3 Å². The molecule has 4 aromatic rings. The Morgan fingerprint density at radius 2 is 1.67 bits per heavy atom. The molecule has 43 heavy (non-hydrogen) atoms. The van der Waals surface area contributed by atoms with Crippen LogP contribution in [0.4, 0.5) is 8.78 Å². The molecule has 0 unspecified atom stereocenters. The summed E-state index contributed by atoms with van der Waals surface area (Å²) in [5.41, 5.74) is 1.28. The van der Waals surface area contributed by atoms with Gasteiger partial charge in [0, 0.05) is 18.8 Å². The quantitative estimate of drug-likeness (QED) is 0.307. The zero-order chi connectivity index (χ0) is 30.1. The van der Waals surface area contributed by atoms with E-state index in [9.17, 15) is 23.2 Å². The Kier molecular flexibility index (Phi) is 8.22. The van der Waals surface area contributed by atoms with Crippen LogP contribution in [0.3, 0.4) is 0 Å². The molecule has 0 radical (unpaired) electrons. The summed E-state index contributed by atoms with van der Waals surface area (Å²) in [4.78, 5) is 46.9. The molecule has 0 spiro atoms. The van der Waals surface area contributed by atoms with Crippen molar-refractivity contribution in [3.63, 3.8) is 0 Å². The number of fused-ring (bicyclic) bond motifs is 1. The molecule has 1 aliphatic carbocycles. The maximum Gasteiger partial charge on any atom is 0.333 e. The van der Waals surface area contributed by atoms with E-state index >= 15 is 0 Å². The lowest BCUT2D eigenvalue weighted by molar-refractivity contribution is -0.00354. The average molecular weight is 611 g/mol. The van der Waals surface area contributed by atoms with Gasteiger partial charge in [-0.1, -0.05) is 23.7 Å². The van der Waals surface area contributed by atoms with Crippen molar-refractivity contribution in [1.29, 1.82) is 0 Å². The molecule has 1 saturated heterocycles. The molecule has 0 bridgehead atoms. The predicted molar refractivity (Wildman–Crippen MR) is 155 cm³/mol. The Balaban J connectivity index is 1.14. The number of nitrogens with one attached hydrogen (secondary N) is 2. The molecule has 1 aliphatic heterocycles. The molecule has 224 valence electrons. The number of carbonyl (C=O) groups excluding carboxylic acids is 2. The lowest BCUT2D eigenvalue weighted by Crippen LogP contribution is -2.48. The van der Waals surface area contributed by atoms with Crippen molar-refractivity contribution in [3.8, 4) is 5.69 Å². The number of benzene rings is 1. The summed E-state index contributed by atoms with van der Waals surface area (Å²) in [5, 5.41) is 5.82. The van der Waals surface area contributed by atoms with Crippen molar-refractivity contribution in [1.82, 2.24) is 29.7 Å². The second-order valence-electron chi connectivity index (χ2n) is 10.9. The normalized spacial score (nSPS) is 18.9. The summed E-state index contributed by atoms with van der Waals surface area (Å²) in [6.45, 7) is 1.45. The molecule has 6 rings (SSSR count). The number of hydrogen-bond donors (Lipinski definition) is 2. The molecule has 2 amide bonds. The van der Waals surface area contributed by atoms with Crippen molar-refractivity contribution in [2.75, 3.05) is 13.2 Å². The van der Waals surface area contributed by atoms with Gasteiger partial charge in [0.15, 0.2) is 0 Å². The number of carbonyl (C=O) groups is 2. The first-order chi connectivity index (χ1) is 20.8. The third kappa shape index (κ3) is 6.02. The molecule has 4 heterocycles. The molecule has 13 heteroatoms. The SMILES string of the molecule is O=C(NC1COC1)c1ccc(-n2c(=O)n(C[C@H]3CC[C@H](NC(=O)c4cc(Cl)cnc4C(F)F)CC3)c3ccccc32)cn1. The zero-order valence-corrected chi connectivity index (χ0v) is 23.8. The van der Waals surface area contributed by atoms with E-state index in [0.717, 1.165) is 30.1 Å². The molecule has 10 nitrogen and oxygen atoms in total. The van der Waals surface area contributed by atoms with Crippen LogP contribution in [0.2, 0.25) is 5.02 Å². The van der Waals surface area contributed by atoms with Crippen LogP contribution in [0.5, 0.6) is 0 Å². The van der Waals surface area contributed by atoms with Gasteiger partial charge in [0.1, 0.15) is 11.4 Å². The van der Waals surface area contributed by atoms with Crippen LogP contribution >= 0.6 is 11.6 Å². The van der Waals surface area contributed by atoms with Crippen LogP contribution in [0.15, 0.2) is 59.7 Å². The van der Waals surface area contributed by atoms with Gasteiger partial charge in [0.25, 0.3) is 18.2 Å². The summed E-state index contributed by atoms with van der Waals surface area (Å²) in [6, 6.07) is 11.8. The molecule has 3 aromatic heterocycles. The smallest absolute Gasteiger partial charge is 0.333 e. The molecule has 2 fully saturated rings. The van der Waals surface area contributed by atoms with E-state index in [-0.39, 0.29) is 45.9 Å². The minimum Gasteiger partial charge on any atom is -0.377 e. The first-order valence-corrected chi connectivity index (χ1v) is 14.5. The minimum atomic E-state index is -2.89. The van der Waals surface area contributed by atoms with E-state index in [1.807, 2.05) is 24.3 Å². The summed E-state index contributed by atoms with van der Waals surface area (Å²) in [7, 11) is 0. The first-order valence-electron chi connectivity index (χ1n) is 14.1. The number of amides is 2. The van der Waals surface area contributed by atoms with Gasteiger partial charge in [-0.2, -0.15) is 0 Å². The summed E-state index contributed by atoms with van der Waals surface area (Å²) in [5.74, 6) is -0.739. The number of nitrogens with zero attached hydrogens (tertiary/aromatic N) is 4. The van der Waals surface area contributed by atoms with Crippen LogP contribution in [0.25, 0.3) is 16.7 Å². The topological polar surface area (TPSA) is 120 Å². The van der Waals surface area contributed by atoms with Crippen LogP contribution in [-0.4, -0.2) is 56.2 Å². The fourth-order valence-corrected chi connectivity index (χ4v) is 5.84. The van der Waals surface area contributed by atoms with Crippen molar-refractivity contribution in [3.05, 3.63) is 87.3 Å². The van der Waals surface area contributed by atoms with Gasteiger partial charge in [-0.3, -0.25) is 23.7 Å². The number of imidazole rings is 1. The number of halogens is 3. The molecule has 2 N–H and O–H groups in total. The van der Waals surface area contributed by atoms with Crippen LogP contribution in [0, 0.1) is 5.92 Å². The number of alkyl halides is 2. The number of aromatic nitrogens is 4. The fourth-order valence-electron chi connectivity index (χ4n) is 5.68. The number of para-hydroxylation sites is 2. The fraction of sp³-hybridized carbons (Fsp3) is 0.367. The highest BCUT2D eigenvalue weighted by Crippen LogP contribution is 2.29. The molecule has 1 aromatic carbocycles. The number of rotatable bonds is 8. The van der Waals surface area contributed by atoms with Gasteiger partial charge in [-0.05, 0) is 61.9 Å². The highest BCUT2D eigenvalue weighted by molar-refractivity contribution is 6.30. The van der Waals surface area contributed by atoms with E-state index in [2.05, 4.69) is 20.6 Å². The molecule has 1 saturated carbocycles. The van der Waals surface area contributed by atoms with E-state index in [1.165, 1.54) is 12.3 Å². The Bertz CT molecular complexity index is 1710. The molecular weight excluding hydrogens is 582 g/mol. The summed E-state index contributed by atoms with van der Waals surface area (Å²) in [6.07, 6.45) is 2.49. The Hall–Kier alpha value is -4.16. The summed E-state index contributed by atoms with van der Waals surface area (Å²) < 4.78 is 35.2. The molecule has 2 aliphatic rings. The highest BCUT2D eigenvalue weighted by Gasteiger charge is 2.28. The first kappa shape index (κ1) is 28.9.